The van der Waals surface area contributed by atoms with Crippen LogP contribution in [0.3, 0.4) is 0 Å². The van der Waals surface area contributed by atoms with Crippen molar-refractivity contribution in [3.63, 3.8) is 0 Å². The zero-order valence-electron chi connectivity index (χ0n) is 40.3. The maximum Gasteiger partial charge on any atom is 0.336 e. The minimum atomic E-state index is -0.486. The molecule has 0 saturated carbocycles. The number of carbonyl (C=O) groups is 2. The minimum Gasteiger partial charge on any atom is -0.493 e. The van der Waals surface area contributed by atoms with Crippen molar-refractivity contribution in [3.8, 4) is 34.5 Å². The van der Waals surface area contributed by atoms with Gasteiger partial charge in [-0.15, -0.1) is 11.8 Å². The van der Waals surface area contributed by atoms with Crippen LogP contribution >= 0.6 is 34.7 Å². The molecule has 0 bridgehead atoms. The first-order valence-corrected chi connectivity index (χ1v) is 26.3. The van der Waals surface area contributed by atoms with E-state index in [0.717, 1.165) is 95.8 Å². The number of aryl methyl sites for hydroxylation is 1. The first-order valence-electron chi connectivity index (χ1n) is 23.9. The number of thiazole rings is 1. The Labute approximate surface area is 434 Å². The van der Waals surface area contributed by atoms with Crippen molar-refractivity contribution >= 4 is 95.8 Å². The standard InChI is InChI=1S/C60H54ClN3O6S2/c1-4-11-43-15-21-48-38-52(28-24-47(48)36-43)70-58(66)31-19-44-18-29-53(49-23-22-46(55(61)39-49)20-14-42-16-26-51(27-17-42)68-33-9-34-69-57(65)5-2)50(37-44)40-62-64(41-71-35-10-32-67-6-3)60-63-59-54-13-8-7-12-45(54)25-30-56(59)72-60/h5,7-8,12-13,15-19,21-31,36-40H,2,4,6,9-11,32-35,41H2,1,3H3/b31-19+,62-40+. The summed E-state index contributed by atoms with van der Waals surface area (Å²) in [5.74, 6) is 8.13. The topological polar surface area (TPSA) is 99.5 Å². The van der Waals surface area contributed by atoms with Crippen molar-refractivity contribution in [1.29, 1.82) is 0 Å². The van der Waals surface area contributed by atoms with Crippen LogP contribution in [0.5, 0.6) is 11.5 Å². The van der Waals surface area contributed by atoms with Crippen LogP contribution in [-0.2, 0) is 25.5 Å². The number of fused-ring (bicyclic) bond motifs is 4. The van der Waals surface area contributed by atoms with Crippen LogP contribution in [0.15, 0.2) is 157 Å². The third kappa shape index (κ3) is 14.0. The fourth-order valence-electron chi connectivity index (χ4n) is 7.78. The van der Waals surface area contributed by atoms with Crippen LogP contribution in [0.4, 0.5) is 5.13 Å². The molecule has 0 N–H and O–H groups in total. The molecule has 0 fully saturated rings. The first-order chi connectivity index (χ1) is 35.3. The van der Waals surface area contributed by atoms with Crippen molar-refractivity contribution in [1.82, 2.24) is 4.98 Å². The van der Waals surface area contributed by atoms with Gasteiger partial charge in [0, 0.05) is 53.9 Å². The Morgan fingerprint density at radius 3 is 2.47 bits per heavy atom. The molecule has 8 rings (SSSR count). The van der Waals surface area contributed by atoms with E-state index in [-0.39, 0.29) is 6.61 Å². The molecule has 1 aromatic heterocycles. The third-order valence-corrected chi connectivity index (χ3v) is 13.7. The molecule has 0 saturated heterocycles. The highest BCUT2D eigenvalue weighted by Crippen LogP contribution is 2.35. The molecule has 0 aliphatic carbocycles. The van der Waals surface area contributed by atoms with Gasteiger partial charge < -0.3 is 18.9 Å². The maximum atomic E-state index is 13.3. The van der Waals surface area contributed by atoms with E-state index in [0.29, 0.717) is 54.2 Å². The summed E-state index contributed by atoms with van der Waals surface area (Å²) in [7, 11) is 0. The molecule has 0 unspecified atom stereocenters. The second kappa shape index (κ2) is 25.8. The number of hydrazone groups is 1. The molecule has 9 nitrogen and oxygen atoms in total. The molecule has 364 valence electrons. The van der Waals surface area contributed by atoms with Gasteiger partial charge in [-0.2, -0.15) is 5.10 Å². The summed E-state index contributed by atoms with van der Waals surface area (Å²) in [6, 6.07) is 43.9. The molecule has 12 heteroatoms. The van der Waals surface area contributed by atoms with Crippen LogP contribution in [0, 0.1) is 11.8 Å². The predicted octanol–water partition coefficient (Wildman–Crippen LogP) is 14.4. The summed E-state index contributed by atoms with van der Waals surface area (Å²) in [6.45, 7) is 9.63. The van der Waals surface area contributed by atoms with E-state index >= 15 is 0 Å². The van der Waals surface area contributed by atoms with E-state index in [9.17, 15) is 9.59 Å². The lowest BCUT2D eigenvalue weighted by atomic mass is 9.97. The van der Waals surface area contributed by atoms with Crippen LogP contribution in [0.1, 0.15) is 60.9 Å². The molecular formula is C60H54ClN3O6S2. The molecule has 1 heterocycles. The van der Waals surface area contributed by atoms with Crippen LogP contribution in [0.25, 0.3) is 49.0 Å². The predicted molar refractivity (Wildman–Crippen MR) is 299 cm³/mol. The minimum absolute atomic E-state index is 0.258. The summed E-state index contributed by atoms with van der Waals surface area (Å²) in [5, 5.41) is 12.7. The Bertz CT molecular complexity index is 3320. The number of halogens is 1. The fraction of sp³-hybridized carbons (Fsp3) is 0.200. The van der Waals surface area contributed by atoms with E-state index < -0.39 is 11.9 Å². The van der Waals surface area contributed by atoms with Gasteiger partial charge in [0.05, 0.1) is 40.5 Å². The summed E-state index contributed by atoms with van der Waals surface area (Å²) < 4.78 is 23.3. The first kappa shape index (κ1) is 51.2. The second-order valence-corrected chi connectivity index (χ2v) is 19.1. The van der Waals surface area contributed by atoms with E-state index in [2.05, 4.69) is 67.8 Å². The summed E-state index contributed by atoms with van der Waals surface area (Å²) in [5.41, 5.74) is 7.03. The van der Waals surface area contributed by atoms with Crippen molar-refractivity contribution in [2.45, 2.75) is 39.5 Å². The van der Waals surface area contributed by atoms with E-state index in [4.69, 9.17) is 40.6 Å². The smallest absolute Gasteiger partial charge is 0.336 e. The number of aromatic nitrogens is 1. The average molecular weight is 1010 g/mol. The molecule has 0 amide bonds. The number of carbonyl (C=O) groups excluding carboxylic acids is 2. The summed E-state index contributed by atoms with van der Waals surface area (Å²) >= 11 is 10.4. The maximum absolute atomic E-state index is 13.3. The molecule has 0 spiro atoms. The number of thioether (sulfide) groups is 1. The van der Waals surface area contributed by atoms with Crippen LogP contribution in [-0.4, -0.2) is 61.2 Å². The largest absolute Gasteiger partial charge is 0.493 e. The van der Waals surface area contributed by atoms with Gasteiger partial charge in [0.15, 0.2) is 0 Å². The van der Waals surface area contributed by atoms with Gasteiger partial charge in [0.2, 0.25) is 5.13 Å². The van der Waals surface area contributed by atoms with Crippen molar-refractivity contribution < 1.29 is 28.5 Å². The fourth-order valence-corrected chi connectivity index (χ4v) is 9.84. The highest BCUT2D eigenvalue weighted by Gasteiger charge is 2.15. The zero-order valence-corrected chi connectivity index (χ0v) is 42.7. The normalized spacial score (nSPS) is 11.3. The highest BCUT2D eigenvalue weighted by atomic mass is 35.5. The van der Waals surface area contributed by atoms with Crippen LogP contribution in [0.2, 0.25) is 5.02 Å². The number of benzene rings is 7. The van der Waals surface area contributed by atoms with Gasteiger partial charge in [0.25, 0.3) is 0 Å². The Hall–Kier alpha value is -7.20. The van der Waals surface area contributed by atoms with Gasteiger partial charge in [-0.25, -0.2) is 19.6 Å². The molecular weight excluding hydrogens is 958 g/mol. The van der Waals surface area contributed by atoms with Crippen molar-refractivity contribution in [2.75, 3.05) is 43.1 Å². The van der Waals surface area contributed by atoms with Crippen molar-refractivity contribution in [3.05, 3.63) is 185 Å². The molecule has 72 heavy (non-hydrogen) atoms. The highest BCUT2D eigenvalue weighted by molar-refractivity contribution is 7.99. The molecule has 0 atom stereocenters. The third-order valence-electron chi connectivity index (χ3n) is 11.4. The number of hydrogen-bond donors (Lipinski definition) is 0. The Balaban J connectivity index is 1.06. The number of rotatable bonds is 22. The number of ether oxygens (including phenoxy) is 4. The molecule has 0 radical (unpaired) electrons. The molecule has 8 aromatic rings. The van der Waals surface area contributed by atoms with Crippen molar-refractivity contribution in [2.24, 2.45) is 5.10 Å². The Morgan fingerprint density at radius 2 is 1.64 bits per heavy atom. The quantitative estimate of drug-likeness (QED) is 0.00960. The van der Waals surface area contributed by atoms with Gasteiger partial charge in [-0.1, -0.05) is 127 Å². The molecule has 0 aliphatic rings. The van der Waals surface area contributed by atoms with E-state index in [1.54, 1.807) is 29.2 Å². The summed E-state index contributed by atoms with van der Waals surface area (Å²) in [6.07, 6.45) is 9.76. The van der Waals surface area contributed by atoms with Gasteiger partial charge in [-0.3, -0.25) is 0 Å². The number of hydrogen-bond acceptors (Lipinski definition) is 11. The number of nitrogens with zero attached hydrogens (tertiary/aromatic N) is 3. The SMILES string of the molecule is C=CC(=O)OCCCOc1ccc(C#Cc2ccc(-c3ccc(/C=C/C(=O)Oc4ccc5cc(CCC)ccc5c4)cc3/C=N/N(CSCCCOCC)c3nc4c(ccc5ccccc54)s3)cc2Cl)cc1. The molecule has 0 aliphatic heterocycles. The van der Waals surface area contributed by atoms with E-state index in [1.165, 1.54) is 11.6 Å². The van der Waals surface area contributed by atoms with Gasteiger partial charge in [0.1, 0.15) is 11.5 Å². The lowest BCUT2D eigenvalue weighted by molar-refractivity contribution is -0.138. The number of esters is 2. The monoisotopic (exact) mass is 1010 g/mol. The van der Waals surface area contributed by atoms with Crippen LogP contribution < -0.4 is 14.5 Å². The lowest BCUT2D eigenvalue weighted by Crippen LogP contribution is -2.16. The second-order valence-electron chi connectivity index (χ2n) is 16.6. The molecule has 7 aromatic carbocycles. The Morgan fingerprint density at radius 1 is 0.819 bits per heavy atom. The van der Waals surface area contributed by atoms with Gasteiger partial charge in [-0.05, 0) is 131 Å². The van der Waals surface area contributed by atoms with E-state index in [1.807, 2.05) is 109 Å². The Kier molecular flexibility index (Phi) is 18.3. The average Bonchev–Trinajstić information content (AvgIpc) is 3.85. The lowest BCUT2D eigenvalue weighted by Gasteiger charge is -2.16. The zero-order chi connectivity index (χ0) is 50.1. The summed E-state index contributed by atoms with van der Waals surface area (Å²) in [4.78, 5) is 29.7. The number of anilines is 1. The van der Waals surface area contributed by atoms with Gasteiger partial charge >= 0.3 is 11.9 Å².